The van der Waals surface area contributed by atoms with Crippen molar-refractivity contribution in [3.8, 4) is 5.75 Å². The topological polar surface area (TPSA) is 66.8 Å². The molecule has 0 saturated carbocycles. The normalized spacial score (nSPS) is 12.3. The van der Waals surface area contributed by atoms with Crippen LogP contribution in [0.5, 0.6) is 5.75 Å². The SMILES string of the molecule is COC(=O)C(O)c1c(O)c(F)cc(Cl)c1F. The largest absolute Gasteiger partial charge is 0.504 e. The minimum absolute atomic E-state index is 0.528. The second-order valence-corrected chi connectivity index (χ2v) is 3.25. The minimum atomic E-state index is -2.14. The van der Waals surface area contributed by atoms with Gasteiger partial charge in [0.15, 0.2) is 23.5 Å². The van der Waals surface area contributed by atoms with Crippen molar-refractivity contribution in [2.45, 2.75) is 6.10 Å². The summed E-state index contributed by atoms with van der Waals surface area (Å²) in [5.41, 5.74) is -0.947. The van der Waals surface area contributed by atoms with Crippen LogP contribution in [0, 0.1) is 11.6 Å². The van der Waals surface area contributed by atoms with Crippen LogP contribution in [0.15, 0.2) is 6.07 Å². The van der Waals surface area contributed by atoms with Crippen molar-refractivity contribution in [1.29, 1.82) is 0 Å². The molecule has 1 atom stereocenters. The standard InChI is InChI=1S/C9H7ClF2O4/c1-16-9(15)8(14)5-6(12)3(10)2-4(11)7(5)13/h2,8,13-14H,1H3. The molecule has 1 aromatic rings. The average molecular weight is 253 g/mol. The van der Waals surface area contributed by atoms with E-state index in [0.717, 1.165) is 7.11 Å². The van der Waals surface area contributed by atoms with Crippen molar-refractivity contribution in [1.82, 2.24) is 0 Å². The maximum absolute atomic E-state index is 13.4. The Morgan fingerprint density at radius 1 is 1.56 bits per heavy atom. The van der Waals surface area contributed by atoms with Crippen LogP contribution in [0.2, 0.25) is 5.02 Å². The molecule has 0 aliphatic rings. The van der Waals surface area contributed by atoms with E-state index in [1.807, 2.05) is 0 Å². The summed E-state index contributed by atoms with van der Waals surface area (Å²) in [5.74, 6) is -4.95. The van der Waals surface area contributed by atoms with Gasteiger partial charge in [0, 0.05) is 0 Å². The highest BCUT2D eigenvalue weighted by atomic mass is 35.5. The highest BCUT2D eigenvalue weighted by Crippen LogP contribution is 2.34. The third-order valence-corrected chi connectivity index (χ3v) is 2.15. The van der Waals surface area contributed by atoms with E-state index in [-0.39, 0.29) is 0 Å². The fraction of sp³-hybridized carbons (Fsp3) is 0.222. The van der Waals surface area contributed by atoms with Crippen LogP contribution in [0.1, 0.15) is 11.7 Å². The van der Waals surface area contributed by atoms with Crippen LogP contribution in [-0.2, 0) is 9.53 Å². The van der Waals surface area contributed by atoms with Gasteiger partial charge in [-0.1, -0.05) is 11.6 Å². The lowest BCUT2D eigenvalue weighted by Gasteiger charge is -2.12. The van der Waals surface area contributed by atoms with E-state index in [1.54, 1.807) is 0 Å². The molecule has 0 radical (unpaired) electrons. The summed E-state index contributed by atoms with van der Waals surface area (Å²) in [5, 5.41) is 17.8. The van der Waals surface area contributed by atoms with Gasteiger partial charge in [-0.3, -0.25) is 0 Å². The summed E-state index contributed by atoms with van der Waals surface area (Å²) in [6.45, 7) is 0. The number of rotatable bonds is 2. The smallest absolute Gasteiger partial charge is 0.339 e. The van der Waals surface area contributed by atoms with Gasteiger partial charge in [0.1, 0.15) is 0 Å². The number of esters is 1. The highest BCUT2D eigenvalue weighted by molar-refractivity contribution is 6.30. The quantitative estimate of drug-likeness (QED) is 0.619. The number of phenols is 1. The van der Waals surface area contributed by atoms with Gasteiger partial charge in [-0.2, -0.15) is 0 Å². The summed E-state index contributed by atoms with van der Waals surface area (Å²) in [7, 11) is 0.946. The number of methoxy groups -OCH3 is 1. The van der Waals surface area contributed by atoms with Crippen LogP contribution < -0.4 is 0 Å². The van der Waals surface area contributed by atoms with Crippen LogP contribution in [-0.4, -0.2) is 23.3 Å². The second-order valence-electron chi connectivity index (χ2n) is 2.84. The number of hydrogen-bond acceptors (Lipinski definition) is 4. The number of carbonyl (C=O) groups excluding carboxylic acids is 1. The van der Waals surface area contributed by atoms with Gasteiger partial charge in [0.05, 0.1) is 17.7 Å². The van der Waals surface area contributed by atoms with Gasteiger partial charge in [-0.05, 0) is 6.07 Å². The molecule has 0 aliphatic carbocycles. The maximum Gasteiger partial charge on any atom is 0.339 e. The van der Waals surface area contributed by atoms with E-state index < -0.39 is 40.0 Å². The van der Waals surface area contributed by atoms with Crippen molar-refractivity contribution >= 4 is 17.6 Å². The Labute approximate surface area is 94.0 Å². The Kier molecular flexibility index (Phi) is 3.66. The number of aliphatic hydroxyl groups excluding tert-OH is 1. The zero-order valence-electron chi connectivity index (χ0n) is 8.00. The van der Waals surface area contributed by atoms with Gasteiger partial charge < -0.3 is 14.9 Å². The van der Waals surface area contributed by atoms with E-state index in [2.05, 4.69) is 4.74 Å². The van der Waals surface area contributed by atoms with E-state index in [1.165, 1.54) is 0 Å². The molecule has 0 spiro atoms. The third kappa shape index (κ3) is 2.07. The Balaban J connectivity index is 3.37. The number of aromatic hydroxyl groups is 1. The Hall–Kier alpha value is -1.40. The van der Waals surface area contributed by atoms with E-state index in [9.17, 15) is 23.8 Å². The first-order valence-corrected chi connectivity index (χ1v) is 4.40. The summed E-state index contributed by atoms with van der Waals surface area (Å²) >= 11 is 5.29. The maximum atomic E-state index is 13.4. The lowest BCUT2D eigenvalue weighted by molar-refractivity contribution is -0.151. The zero-order valence-corrected chi connectivity index (χ0v) is 8.76. The van der Waals surface area contributed by atoms with Gasteiger partial charge in [0.2, 0.25) is 0 Å². The second kappa shape index (κ2) is 4.63. The number of carbonyl (C=O) groups is 1. The molecule has 1 rings (SSSR count). The molecule has 1 unspecified atom stereocenters. The van der Waals surface area contributed by atoms with E-state index >= 15 is 0 Å². The molecule has 16 heavy (non-hydrogen) atoms. The molecule has 0 fully saturated rings. The van der Waals surface area contributed by atoms with Gasteiger partial charge in [0.25, 0.3) is 0 Å². The molecule has 2 N–H and O–H groups in total. The molecule has 1 aromatic carbocycles. The fourth-order valence-corrected chi connectivity index (χ4v) is 1.28. The predicted molar refractivity (Wildman–Crippen MR) is 50.0 cm³/mol. The molecular weight excluding hydrogens is 246 g/mol. The fourth-order valence-electron chi connectivity index (χ4n) is 1.08. The minimum Gasteiger partial charge on any atom is -0.504 e. The molecule has 4 nitrogen and oxygen atoms in total. The van der Waals surface area contributed by atoms with Crippen LogP contribution in [0.3, 0.4) is 0 Å². The molecule has 0 amide bonds. The summed E-state index contributed by atoms with van der Waals surface area (Å²) in [6.07, 6.45) is -2.14. The van der Waals surface area contributed by atoms with Crippen molar-refractivity contribution < 1.29 is 28.5 Å². The predicted octanol–water partition coefficient (Wildman–Crippen LogP) is 1.53. The van der Waals surface area contributed by atoms with Crippen LogP contribution in [0.25, 0.3) is 0 Å². The molecule has 7 heteroatoms. The first kappa shape index (κ1) is 12.7. The number of hydrogen-bond donors (Lipinski definition) is 2. The van der Waals surface area contributed by atoms with Gasteiger partial charge in [-0.25, -0.2) is 13.6 Å². The molecule has 88 valence electrons. The lowest BCUT2D eigenvalue weighted by atomic mass is 10.1. The molecule has 0 saturated heterocycles. The molecule has 0 aromatic heterocycles. The van der Waals surface area contributed by atoms with E-state index in [0.29, 0.717) is 6.07 Å². The van der Waals surface area contributed by atoms with Crippen LogP contribution in [0.4, 0.5) is 8.78 Å². The van der Waals surface area contributed by atoms with Gasteiger partial charge in [-0.15, -0.1) is 0 Å². The van der Waals surface area contributed by atoms with Crippen molar-refractivity contribution in [2.24, 2.45) is 0 Å². The zero-order chi connectivity index (χ0) is 12.5. The van der Waals surface area contributed by atoms with Gasteiger partial charge >= 0.3 is 5.97 Å². The highest BCUT2D eigenvalue weighted by Gasteiger charge is 2.29. The molecule has 0 aliphatic heterocycles. The Morgan fingerprint density at radius 2 is 2.12 bits per heavy atom. The van der Waals surface area contributed by atoms with Crippen molar-refractivity contribution in [3.63, 3.8) is 0 Å². The molecule has 0 heterocycles. The Morgan fingerprint density at radius 3 is 2.62 bits per heavy atom. The monoisotopic (exact) mass is 252 g/mol. The lowest BCUT2D eigenvalue weighted by Crippen LogP contribution is -2.15. The number of ether oxygens (including phenoxy) is 1. The van der Waals surface area contributed by atoms with Crippen molar-refractivity contribution in [3.05, 3.63) is 28.3 Å². The summed E-state index contributed by atoms with van der Waals surface area (Å²) < 4.78 is 30.5. The van der Waals surface area contributed by atoms with E-state index in [4.69, 9.17) is 11.6 Å². The number of phenolic OH excluding ortho intramolecular Hbond substituents is 1. The first-order valence-electron chi connectivity index (χ1n) is 4.02. The average Bonchev–Trinajstić information content (AvgIpc) is 2.25. The molecule has 0 bridgehead atoms. The van der Waals surface area contributed by atoms with Crippen LogP contribution >= 0.6 is 11.6 Å². The summed E-state index contributed by atoms with van der Waals surface area (Å²) in [6, 6.07) is 0.528. The summed E-state index contributed by atoms with van der Waals surface area (Å²) in [4.78, 5) is 10.9. The first-order chi connectivity index (χ1) is 7.40. The number of benzene rings is 1. The third-order valence-electron chi connectivity index (χ3n) is 1.88. The Bertz CT molecular complexity index is 410. The van der Waals surface area contributed by atoms with Crippen molar-refractivity contribution in [2.75, 3.05) is 7.11 Å². The number of aliphatic hydroxyl groups is 1. The number of halogens is 3. The molecular formula is C9H7ClF2O4.